The van der Waals surface area contributed by atoms with E-state index in [2.05, 4.69) is 5.32 Å². The minimum Gasteiger partial charge on any atom is -0.497 e. The summed E-state index contributed by atoms with van der Waals surface area (Å²) in [7, 11) is -2.66. The van der Waals surface area contributed by atoms with Gasteiger partial charge in [0.1, 0.15) is 18.3 Å². The quantitative estimate of drug-likeness (QED) is 0.354. The van der Waals surface area contributed by atoms with Gasteiger partial charge in [-0.3, -0.25) is 13.9 Å². The molecule has 0 aliphatic carbocycles. The molecule has 0 spiro atoms. The van der Waals surface area contributed by atoms with E-state index < -0.39 is 28.5 Å². The minimum atomic E-state index is -4.15. The predicted octanol–water partition coefficient (Wildman–Crippen LogP) is 4.49. The number of amides is 2. The number of rotatable bonds is 12. The fourth-order valence-corrected chi connectivity index (χ4v) is 5.40. The molecule has 0 saturated heterocycles. The van der Waals surface area contributed by atoms with Crippen LogP contribution in [0.2, 0.25) is 5.02 Å². The molecule has 0 bridgehead atoms. The fourth-order valence-electron chi connectivity index (χ4n) is 3.79. The molecule has 8 nitrogen and oxygen atoms in total. The van der Waals surface area contributed by atoms with Crippen molar-refractivity contribution in [3.05, 3.63) is 89.4 Å². The highest BCUT2D eigenvalue weighted by molar-refractivity contribution is 7.92. The molecule has 202 valence electrons. The van der Waals surface area contributed by atoms with Crippen molar-refractivity contribution in [1.82, 2.24) is 10.2 Å². The first kappa shape index (κ1) is 29.0. The molecule has 3 aromatic carbocycles. The Labute approximate surface area is 229 Å². The van der Waals surface area contributed by atoms with Gasteiger partial charge >= 0.3 is 0 Å². The zero-order chi connectivity index (χ0) is 27.7. The number of anilines is 1. The van der Waals surface area contributed by atoms with Crippen molar-refractivity contribution >= 4 is 39.1 Å². The number of hydrogen-bond donors (Lipinski definition) is 1. The van der Waals surface area contributed by atoms with Crippen molar-refractivity contribution in [1.29, 1.82) is 0 Å². The molecule has 0 fully saturated rings. The van der Waals surface area contributed by atoms with Gasteiger partial charge < -0.3 is 15.0 Å². The smallest absolute Gasteiger partial charge is 0.264 e. The number of benzene rings is 3. The molecule has 2 amide bonds. The number of methoxy groups -OCH3 is 1. The summed E-state index contributed by atoms with van der Waals surface area (Å²) in [5.41, 5.74) is 0.958. The van der Waals surface area contributed by atoms with E-state index in [1.54, 1.807) is 73.7 Å². The second-order valence-corrected chi connectivity index (χ2v) is 10.9. The van der Waals surface area contributed by atoms with Crippen LogP contribution in [0.15, 0.2) is 83.8 Å². The highest BCUT2D eigenvalue weighted by Gasteiger charge is 2.32. The first-order valence-electron chi connectivity index (χ1n) is 12.2. The maximum atomic E-state index is 13.8. The zero-order valence-electron chi connectivity index (χ0n) is 21.6. The molecule has 1 N–H and O–H groups in total. The monoisotopic (exact) mass is 557 g/mol. The van der Waals surface area contributed by atoms with Gasteiger partial charge in [-0.2, -0.15) is 0 Å². The van der Waals surface area contributed by atoms with Crippen LogP contribution in [0.3, 0.4) is 0 Å². The highest BCUT2D eigenvalue weighted by Crippen LogP contribution is 2.26. The Kier molecular flexibility index (Phi) is 10.2. The Bertz CT molecular complexity index is 1330. The number of halogens is 1. The summed E-state index contributed by atoms with van der Waals surface area (Å²) in [6, 6.07) is 20.5. The lowest BCUT2D eigenvalue weighted by Gasteiger charge is -2.32. The largest absolute Gasteiger partial charge is 0.497 e. The van der Waals surface area contributed by atoms with E-state index in [0.29, 0.717) is 28.6 Å². The van der Waals surface area contributed by atoms with E-state index in [0.717, 1.165) is 10.7 Å². The number of carbonyl (C=O) groups is 2. The Morgan fingerprint density at radius 2 is 1.61 bits per heavy atom. The average molecular weight is 558 g/mol. The molecular formula is C28H32ClN3O5S. The summed E-state index contributed by atoms with van der Waals surface area (Å²) < 4.78 is 33.7. The van der Waals surface area contributed by atoms with Gasteiger partial charge in [0.25, 0.3) is 10.0 Å². The van der Waals surface area contributed by atoms with Crippen LogP contribution >= 0.6 is 11.6 Å². The predicted molar refractivity (Wildman–Crippen MR) is 149 cm³/mol. The average Bonchev–Trinajstić information content (AvgIpc) is 2.94. The summed E-state index contributed by atoms with van der Waals surface area (Å²) in [5, 5.41) is 3.25. The second-order valence-electron chi connectivity index (χ2n) is 8.60. The van der Waals surface area contributed by atoms with Crippen LogP contribution in [-0.2, 0) is 26.2 Å². The number of carbonyl (C=O) groups excluding carboxylic acids is 2. The topological polar surface area (TPSA) is 96.0 Å². The molecule has 0 aliphatic rings. The second kappa shape index (κ2) is 13.3. The summed E-state index contributed by atoms with van der Waals surface area (Å²) in [6.45, 7) is 3.52. The third kappa shape index (κ3) is 7.05. The van der Waals surface area contributed by atoms with E-state index >= 15 is 0 Å². The van der Waals surface area contributed by atoms with Gasteiger partial charge in [-0.05, 0) is 61.4 Å². The van der Waals surface area contributed by atoms with Gasteiger partial charge in [-0.15, -0.1) is 0 Å². The van der Waals surface area contributed by atoms with Crippen LogP contribution in [0, 0.1) is 0 Å². The molecule has 0 radical (unpaired) electrons. The van der Waals surface area contributed by atoms with Crippen molar-refractivity contribution in [3.63, 3.8) is 0 Å². The maximum absolute atomic E-state index is 13.8. The number of para-hydroxylation sites is 1. The molecule has 0 saturated carbocycles. The summed E-state index contributed by atoms with van der Waals surface area (Å²) in [5.74, 6) is -0.384. The third-order valence-electron chi connectivity index (χ3n) is 5.99. The first-order chi connectivity index (χ1) is 18.2. The maximum Gasteiger partial charge on any atom is 0.264 e. The fraction of sp³-hybridized carbons (Fsp3) is 0.286. The molecule has 0 aromatic heterocycles. The standard InChI is InChI=1S/C28H32ClN3O5S/c1-4-18-30-28(34)21(2)31(19-22-10-8-9-13-26(22)29)27(33)20-32(23-11-6-5-7-12-23)38(35,36)25-16-14-24(37-3)15-17-25/h5-17,21H,4,18-20H2,1-3H3,(H,30,34)/t21-/m0/s1. The highest BCUT2D eigenvalue weighted by atomic mass is 35.5. The minimum absolute atomic E-state index is 0.00124. The zero-order valence-corrected chi connectivity index (χ0v) is 23.2. The van der Waals surface area contributed by atoms with Crippen molar-refractivity contribution < 1.29 is 22.7 Å². The van der Waals surface area contributed by atoms with Crippen LogP contribution in [0.5, 0.6) is 5.75 Å². The summed E-state index contributed by atoms with van der Waals surface area (Å²) in [6.07, 6.45) is 0.735. The molecule has 38 heavy (non-hydrogen) atoms. The molecule has 3 rings (SSSR count). The lowest BCUT2D eigenvalue weighted by Crippen LogP contribution is -2.51. The number of nitrogens with zero attached hydrogens (tertiary/aromatic N) is 2. The van der Waals surface area contributed by atoms with Crippen molar-refractivity contribution in [2.45, 2.75) is 37.8 Å². The van der Waals surface area contributed by atoms with Gasteiger partial charge in [0.2, 0.25) is 11.8 Å². The molecule has 1 atom stereocenters. The molecule has 3 aromatic rings. The molecule has 0 heterocycles. The lowest BCUT2D eigenvalue weighted by molar-refractivity contribution is -0.139. The van der Waals surface area contributed by atoms with Crippen LogP contribution in [0.4, 0.5) is 5.69 Å². The molecule has 0 unspecified atom stereocenters. The van der Waals surface area contributed by atoms with E-state index in [-0.39, 0.29) is 17.3 Å². The molecule has 0 aliphatic heterocycles. The van der Waals surface area contributed by atoms with Gasteiger partial charge in [-0.25, -0.2) is 8.42 Å². The first-order valence-corrected chi connectivity index (χ1v) is 14.0. The number of hydrogen-bond acceptors (Lipinski definition) is 5. The van der Waals surface area contributed by atoms with Crippen LogP contribution in [0.1, 0.15) is 25.8 Å². The van der Waals surface area contributed by atoms with E-state index in [1.807, 2.05) is 6.92 Å². The summed E-state index contributed by atoms with van der Waals surface area (Å²) in [4.78, 5) is 28.0. The molecular weight excluding hydrogens is 526 g/mol. The van der Waals surface area contributed by atoms with Crippen molar-refractivity contribution in [3.8, 4) is 5.75 Å². The Balaban J connectivity index is 2.00. The normalized spacial score (nSPS) is 11.9. The van der Waals surface area contributed by atoms with Crippen molar-refractivity contribution in [2.75, 3.05) is 24.5 Å². The number of ether oxygens (including phenoxy) is 1. The number of nitrogens with one attached hydrogen (secondary N) is 1. The Hall–Kier alpha value is -3.56. The van der Waals surface area contributed by atoms with Crippen molar-refractivity contribution in [2.24, 2.45) is 0 Å². The van der Waals surface area contributed by atoms with Crippen LogP contribution in [-0.4, -0.2) is 51.4 Å². The van der Waals surface area contributed by atoms with E-state index in [1.165, 1.54) is 24.1 Å². The van der Waals surface area contributed by atoms with Gasteiger partial charge in [0, 0.05) is 18.1 Å². The third-order valence-corrected chi connectivity index (χ3v) is 8.14. The van der Waals surface area contributed by atoms with Crippen LogP contribution in [0.25, 0.3) is 0 Å². The van der Waals surface area contributed by atoms with Gasteiger partial charge in [0.05, 0.1) is 17.7 Å². The summed E-state index contributed by atoms with van der Waals surface area (Å²) >= 11 is 6.36. The van der Waals surface area contributed by atoms with E-state index in [9.17, 15) is 18.0 Å². The van der Waals surface area contributed by atoms with Crippen LogP contribution < -0.4 is 14.4 Å². The SMILES string of the molecule is CCCNC(=O)[C@H](C)N(Cc1ccccc1Cl)C(=O)CN(c1ccccc1)S(=O)(=O)c1ccc(OC)cc1. The van der Waals surface area contributed by atoms with Gasteiger partial charge in [0.15, 0.2) is 0 Å². The Morgan fingerprint density at radius 3 is 2.21 bits per heavy atom. The molecule has 10 heteroatoms. The van der Waals surface area contributed by atoms with Gasteiger partial charge in [-0.1, -0.05) is 54.9 Å². The Morgan fingerprint density at radius 1 is 0.974 bits per heavy atom. The lowest BCUT2D eigenvalue weighted by atomic mass is 10.1. The van der Waals surface area contributed by atoms with E-state index in [4.69, 9.17) is 16.3 Å². The number of sulfonamides is 1.